The van der Waals surface area contributed by atoms with Gasteiger partial charge < -0.3 is 15.2 Å². The summed E-state index contributed by atoms with van der Waals surface area (Å²) in [5, 5.41) is 15.7. The second kappa shape index (κ2) is 10.6. The minimum absolute atomic E-state index is 0.00196. The Balaban J connectivity index is 1.31. The fraction of sp³-hybridized carbons (Fsp3) is 0.280. The van der Waals surface area contributed by atoms with Crippen LogP contribution < -0.4 is 10.1 Å². The number of pyridine rings is 1. The molecule has 1 amide bonds. The molecule has 3 aromatic rings. The number of ether oxygens (including phenoxy) is 1. The summed E-state index contributed by atoms with van der Waals surface area (Å²) < 4.78 is 44.9. The van der Waals surface area contributed by atoms with Crippen LogP contribution in [0.3, 0.4) is 0 Å². The van der Waals surface area contributed by atoms with Crippen molar-refractivity contribution in [2.24, 2.45) is 0 Å². The van der Waals surface area contributed by atoms with Gasteiger partial charge in [-0.15, -0.1) is 0 Å². The molecule has 0 saturated heterocycles. The van der Waals surface area contributed by atoms with Gasteiger partial charge in [0.15, 0.2) is 0 Å². The Hall–Kier alpha value is -4.15. The molecule has 0 aliphatic heterocycles. The lowest BCUT2D eigenvalue weighted by atomic mass is 9.89. The lowest BCUT2D eigenvalue weighted by Crippen LogP contribution is -2.36. The van der Waals surface area contributed by atoms with E-state index in [-0.39, 0.29) is 24.4 Å². The molecular formula is C25H23F3N4O4. The summed E-state index contributed by atoms with van der Waals surface area (Å²) >= 11 is 0. The zero-order valence-corrected chi connectivity index (χ0v) is 19.0. The molecular weight excluding hydrogens is 477 g/mol. The molecule has 0 atom stereocenters. The van der Waals surface area contributed by atoms with Gasteiger partial charge in [0.2, 0.25) is 5.88 Å². The van der Waals surface area contributed by atoms with Crippen molar-refractivity contribution in [1.82, 2.24) is 20.1 Å². The Labute approximate surface area is 204 Å². The van der Waals surface area contributed by atoms with Gasteiger partial charge in [0.1, 0.15) is 12.3 Å². The van der Waals surface area contributed by atoms with Gasteiger partial charge in [0, 0.05) is 24.5 Å². The number of nitrogens with one attached hydrogen (secondary N) is 1. The topological polar surface area (TPSA) is 106 Å². The van der Waals surface area contributed by atoms with Crippen molar-refractivity contribution in [3.63, 3.8) is 0 Å². The Kier molecular flexibility index (Phi) is 7.37. The number of aliphatic carboxylic acids is 1. The number of carboxylic acid groups (broad SMARTS) is 1. The third-order valence-corrected chi connectivity index (χ3v) is 5.67. The van der Waals surface area contributed by atoms with E-state index in [4.69, 9.17) is 9.84 Å². The Morgan fingerprint density at radius 2 is 1.94 bits per heavy atom. The largest absolute Gasteiger partial charge is 0.480 e. The van der Waals surface area contributed by atoms with Crippen molar-refractivity contribution in [3.8, 4) is 11.6 Å². The number of carbonyl (C=O) groups excluding carboxylic acids is 1. The van der Waals surface area contributed by atoms with E-state index >= 15 is 0 Å². The number of nitrogens with zero attached hydrogens (tertiary/aromatic N) is 3. The third-order valence-electron chi connectivity index (χ3n) is 5.67. The molecule has 2 N–H and O–H groups in total. The normalized spacial score (nSPS) is 15.9. The standard InChI is InChI=1S/C25H23F3N4O4/c26-25(27,28)19-6-9-22(29-13-19)36-21-3-1-2-17(11-21)10-16-4-7-20(8-5-16)31-24(35)18-12-30-32(14-18)15-23(33)34/h1-3,6,9-14,20H,4-5,7-8,15H2,(H,31,35)(H,33,34). The van der Waals surface area contributed by atoms with Crippen molar-refractivity contribution < 1.29 is 32.6 Å². The Morgan fingerprint density at radius 3 is 2.61 bits per heavy atom. The first kappa shape index (κ1) is 25.0. The van der Waals surface area contributed by atoms with E-state index < -0.39 is 17.7 Å². The van der Waals surface area contributed by atoms with Gasteiger partial charge in [-0.1, -0.05) is 23.8 Å². The van der Waals surface area contributed by atoms with Gasteiger partial charge in [-0.2, -0.15) is 18.3 Å². The van der Waals surface area contributed by atoms with E-state index in [2.05, 4.69) is 15.4 Å². The smallest absolute Gasteiger partial charge is 0.417 e. The number of carboxylic acids is 1. The predicted octanol–water partition coefficient (Wildman–Crippen LogP) is 4.93. The molecule has 188 valence electrons. The maximum Gasteiger partial charge on any atom is 0.417 e. The number of allylic oxidation sites excluding steroid dienone is 1. The van der Waals surface area contributed by atoms with Crippen molar-refractivity contribution >= 4 is 18.0 Å². The number of halogens is 3. The average molecular weight is 500 g/mol. The first-order chi connectivity index (χ1) is 17.2. The summed E-state index contributed by atoms with van der Waals surface area (Å²) in [7, 11) is 0. The monoisotopic (exact) mass is 500 g/mol. The van der Waals surface area contributed by atoms with Crippen molar-refractivity contribution in [1.29, 1.82) is 0 Å². The lowest BCUT2D eigenvalue weighted by molar-refractivity contribution is -0.138. The maximum absolute atomic E-state index is 12.7. The number of hydrogen-bond acceptors (Lipinski definition) is 5. The van der Waals surface area contributed by atoms with Gasteiger partial charge in [0.05, 0.1) is 17.3 Å². The van der Waals surface area contributed by atoms with Crippen LogP contribution in [0, 0.1) is 0 Å². The number of aromatic nitrogens is 3. The molecule has 1 saturated carbocycles. The molecule has 2 heterocycles. The van der Waals surface area contributed by atoms with Crippen LogP contribution in [0.5, 0.6) is 11.6 Å². The van der Waals surface area contributed by atoms with Gasteiger partial charge in [0.25, 0.3) is 5.91 Å². The number of benzene rings is 1. The molecule has 1 fully saturated rings. The van der Waals surface area contributed by atoms with Crippen LogP contribution in [-0.4, -0.2) is 37.8 Å². The van der Waals surface area contributed by atoms with Crippen molar-refractivity contribution in [3.05, 3.63) is 77.3 Å². The van der Waals surface area contributed by atoms with E-state index in [9.17, 15) is 22.8 Å². The summed E-state index contributed by atoms with van der Waals surface area (Å²) in [6.45, 7) is -0.308. The van der Waals surface area contributed by atoms with Crippen LogP contribution in [0.4, 0.5) is 13.2 Å². The quantitative estimate of drug-likeness (QED) is 0.477. The molecule has 4 rings (SSSR count). The molecule has 2 aromatic heterocycles. The van der Waals surface area contributed by atoms with E-state index in [0.29, 0.717) is 11.3 Å². The average Bonchev–Trinajstić information content (AvgIpc) is 3.28. The van der Waals surface area contributed by atoms with Gasteiger partial charge in [-0.3, -0.25) is 14.3 Å². The fourth-order valence-corrected chi connectivity index (χ4v) is 3.88. The highest BCUT2D eigenvalue weighted by atomic mass is 19.4. The molecule has 1 aliphatic rings. The van der Waals surface area contributed by atoms with Crippen LogP contribution in [0.1, 0.15) is 47.2 Å². The number of carbonyl (C=O) groups is 2. The lowest BCUT2D eigenvalue weighted by Gasteiger charge is -2.25. The van der Waals surface area contributed by atoms with E-state index in [1.165, 1.54) is 28.7 Å². The Morgan fingerprint density at radius 1 is 1.17 bits per heavy atom. The van der Waals surface area contributed by atoms with Gasteiger partial charge in [-0.05, 0) is 49.4 Å². The summed E-state index contributed by atoms with van der Waals surface area (Å²) in [5.41, 5.74) is 1.58. The van der Waals surface area contributed by atoms with Crippen LogP contribution in [0.2, 0.25) is 0 Å². The first-order valence-corrected chi connectivity index (χ1v) is 11.2. The molecule has 1 aliphatic carbocycles. The molecule has 1 aromatic carbocycles. The molecule has 0 spiro atoms. The summed E-state index contributed by atoms with van der Waals surface area (Å²) in [6.07, 6.45) is 4.17. The fourth-order valence-electron chi connectivity index (χ4n) is 3.88. The first-order valence-electron chi connectivity index (χ1n) is 11.2. The van der Waals surface area contributed by atoms with E-state index in [0.717, 1.165) is 43.5 Å². The minimum atomic E-state index is -4.45. The van der Waals surface area contributed by atoms with Crippen molar-refractivity contribution in [2.45, 2.75) is 44.4 Å². The van der Waals surface area contributed by atoms with Crippen molar-refractivity contribution in [2.75, 3.05) is 0 Å². The predicted molar refractivity (Wildman–Crippen MR) is 123 cm³/mol. The number of amides is 1. The molecule has 11 heteroatoms. The second-order valence-electron chi connectivity index (χ2n) is 8.43. The molecule has 0 bridgehead atoms. The SMILES string of the molecule is O=C(O)Cn1cc(C(=O)NC2CCC(=Cc3cccc(Oc4ccc(C(F)(F)F)cn4)c3)CC2)cn1. The van der Waals surface area contributed by atoms with Crippen LogP contribution in [0.15, 0.2) is 60.6 Å². The number of hydrogen-bond donors (Lipinski definition) is 2. The van der Waals surface area contributed by atoms with Crippen LogP contribution in [-0.2, 0) is 17.5 Å². The summed E-state index contributed by atoms with van der Waals surface area (Å²) in [5.74, 6) is -0.797. The molecule has 0 unspecified atom stereocenters. The number of alkyl halides is 3. The Bertz CT molecular complexity index is 1260. The highest BCUT2D eigenvalue weighted by molar-refractivity contribution is 5.94. The number of rotatable bonds is 7. The molecule has 8 nitrogen and oxygen atoms in total. The zero-order chi connectivity index (χ0) is 25.7. The van der Waals surface area contributed by atoms with E-state index in [1.54, 1.807) is 18.2 Å². The maximum atomic E-state index is 12.7. The van der Waals surface area contributed by atoms with Gasteiger partial charge >= 0.3 is 12.1 Å². The van der Waals surface area contributed by atoms with E-state index in [1.807, 2.05) is 12.1 Å². The van der Waals surface area contributed by atoms with Crippen LogP contribution >= 0.6 is 0 Å². The second-order valence-corrected chi connectivity index (χ2v) is 8.43. The van der Waals surface area contributed by atoms with Crippen LogP contribution in [0.25, 0.3) is 6.08 Å². The molecule has 0 radical (unpaired) electrons. The molecule has 36 heavy (non-hydrogen) atoms. The highest BCUT2D eigenvalue weighted by Gasteiger charge is 2.30. The summed E-state index contributed by atoms with van der Waals surface area (Å²) in [6, 6.07) is 9.29. The van der Waals surface area contributed by atoms with Gasteiger partial charge in [-0.25, -0.2) is 4.98 Å². The summed E-state index contributed by atoms with van der Waals surface area (Å²) in [4.78, 5) is 26.9. The zero-order valence-electron chi connectivity index (χ0n) is 19.0. The highest BCUT2D eigenvalue weighted by Crippen LogP contribution is 2.31. The minimum Gasteiger partial charge on any atom is -0.480 e. The third kappa shape index (κ3) is 6.71.